The van der Waals surface area contributed by atoms with Crippen molar-refractivity contribution in [2.24, 2.45) is 0 Å². The van der Waals surface area contributed by atoms with Gasteiger partial charge in [-0.3, -0.25) is 4.79 Å². The van der Waals surface area contributed by atoms with Crippen molar-refractivity contribution in [2.45, 2.75) is 6.18 Å². The van der Waals surface area contributed by atoms with E-state index in [0.717, 1.165) is 18.4 Å². The highest BCUT2D eigenvalue weighted by atomic mass is 35.5. The summed E-state index contributed by atoms with van der Waals surface area (Å²) in [5.41, 5.74) is -0.516. The molecule has 1 aromatic carbocycles. The molecule has 0 saturated carbocycles. The van der Waals surface area contributed by atoms with E-state index < -0.39 is 17.6 Å². The van der Waals surface area contributed by atoms with Gasteiger partial charge in [-0.05, 0) is 36.4 Å². The summed E-state index contributed by atoms with van der Waals surface area (Å²) in [5.74, 6) is -0.328. The zero-order valence-corrected chi connectivity index (χ0v) is 13.1. The summed E-state index contributed by atoms with van der Waals surface area (Å²) in [6, 6.07) is 7.26. The van der Waals surface area contributed by atoms with E-state index >= 15 is 0 Å². The summed E-state index contributed by atoms with van der Waals surface area (Å²) >= 11 is 5.80. The minimum Gasteiger partial charge on any atom is -0.444 e. The third kappa shape index (κ3) is 3.97. The predicted octanol–water partition coefficient (Wildman–Crippen LogP) is 4.66. The number of carbonyl (C=O) groups excluding carboxylic acids is 1. The van der Waals surface area contributed by atoms with Crippen LogP contribution in [0.3, 0.4) is 0 Å². The van der Waals surface area contributed by atoms with E-state index in [-0.39, 0.29) is 17.4 Å². The number of pyridine rings is 1. The average molecular weight is 368 g/mol. The van der Waals surface area contributed by atoms with Gasteiger partial charge in [-0.25, -0.2) is 9.97 Å². The van der Waals surface area contributed by atoms with Crippen LogP contribution in [0.1, 0.15) is 16.1 Å². The van der Waals surface area contributed by atoms with Crippen molar-refractivity contribution in [1.29, 1.82) is 0 Å². The summed E-state index contributed by atoms with van der Waals surface area (Å²) in [6.07, 6.45) is -1.90. The molecule has 2 heterocycles. The second-order valence-corrected chi connectivity index (χ2v) is 5.36. The Bertz CT molecular complexity index is 907. The van der Waals surface area contributed by atoms with Crippen molar-refractivity contribution in [2.75, 3.05) is 5.32 Å². The van der Waals surface area contributed by atoms with Gasteiger partial charge < -0.3 is 9.73 Å². The zero-order valence-electron chi connectivity index (χ0n) is 12.3. The summed E-state index contributed by atoms with van der Waals surface area (Å²) < 4.78 is 42.8. The third-order valence-electron chi connectivity index (χ3n) is 3.16. The summed E-state index contributed by atoms with van der Waals surface area (Å²) in [6.45, 7) is 0. The van der Waals surface area contributed by atoms with Gasteiger partial charge in [-0.15, -0.1) is 0 Å². The van der Waals surface area contributed by atoms with E-state index in [0.29, 0.717) is 10.6 Å². The number of nitrogens with zero attached hydrogens (tertiary/aromatic N) is 2. The molecule has 0 aliphatic heterocycles. The van der Waals surface area contributed by atoms with Crippen molar-refractivity contribution in [3.63, 3.8) is 0 Å². The summed E-state index contributed by atoms with van der Waals surface area (Å²) in [5, 5.41) is 2.89. The Labute approximate surface area is 144 Å². The van der Waals surface area contributed by atoms with Crippen molar-refractivity contribution in [3.8, 4) is 11.5 Å². The molecule has 0 unspecified atom stereocenters. The van der Waals surface area contributed by atoms with Crippen LogP contribution in [0.15, 0.2) is 53.3 Å². The summed E-state index contributed by atoms with van der Waals surface area (Å²) in [7, 11) is 0. The average Bonchev–Trinajstić information content (AvgIpc) is 3.04. The van der Waals surface area contributed by atoms with Crippen LogP contribution < -0.4 is 5.32 Å². The Morgan fingerprint density at radius 2 is 1.88 bits per heavy atom. The Balaban J connectivity index is 1.76. The molecule has 3 aromatic rings. The topological polar surface area (TPSA) is 68.0 Å². The minimum atomic E-state index is -4.43. The van der Waals surface area contributed by atoms with Crippen LogP contribution in [0.25, 0.3) is 11.5 Å². The SMILES string of the molecule is O=C(Nc1cc(Cl)ccn1)c1coc(-c2ccc(C(F)(F)F)cc2)n1. The molecule has 1 amide bonds. The lowest BCUT2D eigenvalue weighted by molar-refractivity contribution is -0.137. The number of aromatic nitrogens is 2. The summed E-state index contributed by atoms with van der Waals surface area (Å²) in [4.78, 5) is 20.0. The van der Waals surface area contributed by atoms with Crippen LogP contribution in [0.2, 0.25) is 5.02 Å². The van der Waals surface area contributed by atoms with E-state index in [4.69, 9.17) is 16.0 Å². The van der Waals surface area contributed by atoms with Crippen LogP contribution >= 0.6 is 11.6 Å². The molecule has 3 rings (SSSR count). The highest BCUT2D eigenvalue weighted by molar-refractivity contribution is 6.30. The predicted molar refractivity (Wildman–Crippen MR) is 84.1 cm³/mol. The van der Waals surface area contributed by atoms with E-state index in [1.54, 1.807) is 6.07 Å². The molecule has 0 radical (unpaired) electrons. The van der Waals surface area contributed by atoms with Crippen LogP contribution in [-0.4, -0.2) is 15.9 Å². The van der Waals surface area contributed by atoms with Crippen LogP contribution in [0.4, 0.5) is 19.0 Å². The number of hydrogen-bond donors (Lipinski definition) is 1. The highest BCUT2D eigenvalue weighted by Gasteiger charge is 2.30. The molecular formula is C16H9ClF3N3O2. The number of nitrogens with one attached hydrogen (secondary N) is 1. The van der Waals surface area contributed by atoms with E-state index in [1.807, 2.05) is 0 Å². The lowest BCUT2D eigenvalue weighted by atomic mass is 10.1. The molecule has 0 bridgehead atoms. The van der Waals surface area contributed by atoms with Gasteiger partial charge in [0, 0.05) is 16.8 Å². The van der Waals surface area contributed by atoms with Crippen LogP contribution in [-0.2, 0) is 6.18 Å². The molecule has 0 aliphatic carbocycles. The molecular weight excluding hydrogens is 359 g/mol. The Morgan fingerprint density at radius 3 is 2.52 bits per heavy atom. The number of hydrogen-bond acceptors (Lipinski definition) is 4. The Kier molecular flexibility index (Phi) is 4.45. The fourth-order valence-electron chi connectivity index (χ4n) is 1.97. The molecule has 0 aliphatic rings. The molecule has 128 valence electrons. The van der Waals surface area contributed by atoms with E-state index in [1.165, 1.54) is 24.4 Å². The first kappa shape index (κ1) is 17.0. The number of halogens is 4. The molecule has 2 aromatic heterocycles. The van der Waals surface area contributed by atoms with Gasteiger partial charge in [0.1, 0.15) is 12.1 Å². The molecule has 0 fully saturated rings. The fraction of sp³-hybridized carbons (Fsp3) is 0.0625. The highest BCUT2D eigenvalue weighted by Crippen LogP contribution is 2.30. The maximum absolute atomic E-state index is 12.6. The number of anilines is 1. The largest absolute Gasteiger partial charge is 0.444 e. The monoisotopic (exact) mass is 367 g/mol. The Hall–Kier alpha value is -2.87. The van der Waals surface area contributed by atoms with Crippen molar-refractivity contribution in [3.05, 3.63) is 65.1 Å². The van der Waals surface area contributed by atoms with Crippen molar-refractivity contribution < 1.29 is 22.4 Å². The van der Waals surface area contributed by atoms with Crippen LogP contribution in [0.5, 0.6) is 0 Å². The number of rotatable bonds is 3. The van der Waals surface area contributed by atoms with Gasteiger partial charge in [0.15, 0.2) is 5.69 Å². The number of carbonyl (C=O) groups is 1. The lowest BCUT2D eigenvalue weighted by Gasteiger charge is -2.06. The first-order chi connectivity index (χ1) is 11.8. The van der Waals surface area contributed by atoms with E-state index in [2.05, 4.69) is 15.3 Å². The molecule has 25 heavy (non-hydrogen) atoms. The van der Waals surface area contributed by atoms with Gasteiger partial charge in [0.05, 0.1) is 5.56 Å². The number of benzene rings is 1. The maximum Gasteiger partial charge on any atom is 0.416 e. The fourth-order valence-corrected chi connectivity index (χ4v) is 2.13. The van der Waals surface area contributed by atoms with Gasteiger partial charge >= 0.3 is 6.18 Å². The van der Waals surface area contributed by atoms with E-state index in [9.17, 15) is 18.0 Å². The molecule has 0 saturated heterocycles. The molecule has 0 spiro atoms. The quantitative estimate of drug-likeness (QED) is 0.731. The van der Waals surface area contributed by atoms with Crippen molar-refractivity contribution >= 4 is 23.3 Å². The Morgan fingerprint density at radius 1 is 1.16 bits per heavy atom. The second kappa shape index (κ2) is 6.56. The zero-order chi connectivity index (χ0) is 18.0. The van der Waals surface area contributed by atoms with Crippen molar-refractivity contribution in [1.82, 2.24) is 9.97 Å². The smallest absolute Gasteiger partial charge is 0.416 e. The number of alkyl halides is 3. The first-order valence-corrected chi connectivity index (χ1v) is 7.27. The normalized spacial score (nSPS) is 11.4. The van der Waals surface area contributed by atoms with Gasteiger partial charge in [0.25, 0.3) is 5.91 Å². The standard InChI is InChI=1S/C16H9ClF3N3O2/c17-11-5-6-21-13(7-11)23-14(24)12-8-25-15(22-12)9-1-3-10(4-2-9)16(18,19)20/h1-8H,(H,21,23,24). The molecule has 9 heteroatoms. The third-order valence-corrected chi connectivity index (χ3v) is 3.39. The molecule has 5 nitrogen and oxygen atoms in total. The van der Waals surface area contributed by atoms with Gasteiger partial charge in [-0.2, -0.15) is 13.2 Å². The second-order valence-electron chi connectivity index (χ2n) is 4.93. The first-order valence-electron chi connectivity index (χ1n) is 6.89. The molecule has 0 atom stereocenters. The lowest BCUT2D eigenvalue weighted by Crippen LogP contribution is -2.13. The minimum absolute atomic E-state index is 0.0259. The maximum atomic E-state index is 12.6. The molecule has 1 N–H and O–H groups in total. The number of amides is 1. The van der Waals surface area contributed by atoms with Crippen LogP contribution in [0, 0.1) is 0 Å². The number of oxazole rings is 1. The van der Waals surface area contributed by atoms with Gasteiger partial charge in [-0.1, -0.05) is 11.6 Å². The van der Waals surface area contributed by atoms with Gasteiger partial charge in [0.2, 0.25) is 5.89 Å².